The number of anilines is 1. The van der Waals surface area contributed by atoms with E-state index in [4.69, 9.17) is 5.73 Å². The molecule has 19 heavy (non-hydrogen) atoms. The zero-order chi connectivity index (χ0) is 13.7. The molecule has 2 amide bonds. The topological polar surface area (TPSA) is 87.0 Å². The molecular formula is C13H17N5O. The lowest BCUT2D eigenvalue weighted by Crippen LogP contribution is -2.30. The van der Waals surface area contributed by atoms with E-state index in [1.165, 1.54) is 0 Å². The molecule has 1 aromatic carbocycles. The third kappa shape index (κ3) is 3.56. The SMILES string of the molecule is CN(Cc1cn[nH]c1)C(=O)Nc1ccc(CN)cc1. The molecular weight excluding hydrogens is 242 g/mol. The Morgan fingerprint density at radius 3 is 2.68 bits per heavy atom. The van der Waals surface area contributed by atoms with Gasteiger partial charge in [0.05, 0.1) is 12.7 Å². The van der Waals surface area contributed by atoms with Gasteiger partial charge >= 0.3 is 6.03 Å². The van der Waals surface area contributed by atoms with E-state index in [1.54, 1.807) is 24.3 Å². The maximum Gasteiger partial charge on any atom is 0.321 e. The Balaban J connectivity index is 1.92. The molecule has 0 bridgehead atoms. The van der Waals surface area contributed by atoms with Gasteiger partial charge in [0.2, 0.25) is 0 Å². The molecule has 4 N–H and O–H groups in total. The lowest BCUT2D eigenvalue weighted by Gasteiger charge is -2.17. The van der Waals surface area contributed by atoms with E-state index in [9.17, 15) is 4.79 Å². The smallest absolute Gasteiger partial charge is 0.321 e. The molecule has 0 aliphatic carbocycles. The van der Waals surface area contributed by atoms with Crippen LogP contribution in [-0.4, -0.2) is 28.2 Å². The van der Waals surface area contributed by atoms with Crippen LogP contribution in [0.1, 0.15) is 11.1 Å². The summed E-state index contributed by atoms with van der Waals surface area (Å²) in [5, 5.41) is 9.38. The fraction of sp³-hybridized carbons (Fsp3) is 0.231. The number of hydrogen-bond donors (Lipinski definition) is 3. The highest BCUT2D eigenvalue weighted by molar-refractivity contribution is 5.89. The van der Waals surface area contributed by atoms with Crippen LogP contribution in [0.4, 0.5) is 10.5 Å². The summed E-state index contributed by atoms with van der Waals surface area (Å²) < 4.78 is 0. The van der Waals surface area contributed by atoms with Crippen LogP contribution >= 0.6 is 0 Å². The molecule has 0 aliphatic heterocycles. The molecule has 0 fully saturated rings. The molecule has 0 spiro atoms. The number of nitrogens with zero attached hydrogens (tertiary/aromatic N) is 2. The molecule has 0 saturated carbocycles. The molecule has 2 aromatic rings. The van der Waals surface area contributed by atoms with Crippen molar-refractivity contribution in [3.05, 3.63) is 47.8 Å². The van der Waals surface area contributed by atoms with Crippen molar-refractivity contribution < 1.29 is 4.79 Å². The zero-order valence-electron chi connectivity index (χ0n) is 10.8. The Labute approximate surface area is 111 Å². The van der Waals surface area contributed by atoms with Crippen molar-refractivity contribution >= 4 is 11.7 Å². The van der Waals surface area contributed by atoms with Crippen LogP contribution in [-0.2, 0) is 13.1 Å². The maximum absolute atomic E-state index is 12.0. The minimum absolute atomic E-state index is 0.165. The van der Waals surface area contributed by atoms with Crippen LogP contribution in [0.3, 0.4) is 0 Å². The van der Waals surface area contributed by atoms with Gasteiger partial charge in [0, 0.05) is 31.0 Å². The van der Waals surface area contributed by atoms with Gasteiger partial charge < -0.3 is 16.0 Å². The molecule has 0 atom stereocenters. The fourth-order valence-electron chi connectivity index (χ4n) is 1.65. The van der Waals surface area contributed by atoms with Crippen molar-refractivity contribution in [3.63, 3.8) is 0 Å². The number of nitrogens with one attached hydrogen (secondary N) is 2. The van der Waals surface area contributed by atoms with Gasteiger partial charge in [-0.15, -0.1) is 0 Å². The second kappa shape index (κ2) is 6.01. The van der Waals surface area contributed by atoms with Gasteiger partial charge in [-0.25, -0.2) is 4.79 Å². The number of H-pyrrole nitrogens is 1. The van der Waals surface area contributed by atoms with Gasteiger partial charge in [0.1, 0.15) is 0 Å². The van der Waals surface area contributed by atoms with Gasteiger partial charge in [0.15, 0.2) is 0 Å². The number of aromatic amines is 1. The first-order chi connectivity index (χ1) is 9.19. The monoisotopic (exact) mass is 259 g/mol. The van der Waals surface area contributed by atoms with Gasteiger partial charge in [-0.3, -0.25) is 5.10 Å². The Bertz CT molecular complexity index is 520. The number of benzene rings is 1. The molecule has 100 valence electrons. The van der Waals surface area contributed by atoms with Crippen molar-refractivity contribution in [2.75, 3.05) is 12.4 Å². The summed E-state index contributed by atoms with van der Waals surface area (Å²) >= 11 is 0. The molecule has 0 aliphatic rings. The highest BCUT2D eigenvalue weighted by Gasteiger charge is 2.09. The minimum atomic E-state index is -0.165. The summed E-state index contributed by atoms with van der Waals surface area (Å²) in [6.07, 6.45) is 3.46. The van der Waals surface area contributed by atoms with Crippen LogP contribution < -0.4 is 11.1 Å². The predicted molar refractivity (Wildman–Crippen MR) is 73.4 cm³/mol. The van der Waals surface area contributed by atoms with Crippen molar-refractivity contribution in [2.24, 2.45) is 5.73 Å². The number of urea groups is 1. The molecule has 2 rings (SSSR count). The summed E-state index contributed by atoms with van der Waals surface area (Å²) in [5.74, 6) is 0. The quantitative estimate of drug-likeness (QED) is 0.778. The van der Waals surface area contributed by atoms with Crippen LogP contribution in [0, 0.1) is 0 Å². The molecule has 1 heterocycles. The van der Waals surface area contributed by atoms with Crippen LogP contribution in [0.5, 0.6) is 0 Å². The molecule has 0 radical (unpaired) electrons. The van der Waals surface area contributed by atoms with Crippen molar-refractivity contribution in [3.8, 4) is 0 Å². The molecule has 1 aromatic heterocycles. The lowest BCUT2D eigenvalue weighted by atomic mass is 10.2. The Kier molecular flexibility index (Phi) is 4.15. The number of nitrogens with two attached hydrogens (primary N) is 1. The van der Waals surface area contributed by atoms with Gasteiger partial charge in [-0.2, -0.15) is 5.10 Å². The van der Waals surface area contributed by atoms with Crippen molar-refractivity contribution in [1.29, 1.82) is 0 Å². The van der Waals surface area contributed by atoms with Crippen LogP contribution in [0.15, 0.2) is 36.7 Å². The second-order valence-electron chi connectivity index (χ2n) is 4.29. The molecule has 6 nitrogen and oxygen atoms in total. The lowest BCUT2D eigenvalue weighted by molar-refractivity contribution is 0.220. The first-order valence-electron chi connectivity index (χ1n) is 5.98. The number of rotatable bonds is 4. The van der Waals surface area contributed by atoms with E-state index in [1.807, 2.05) is 24.3 Å². The number of aromatic nitrogens is 2. The average molecular weight is 259 g/mol. The Morgan fingerprint density at radius 2 is 2.11 bits per heavy atom. The van der Waals surface area contributed by atoms with Crippen LogP contribution in [0.2, 0.25) is 0 Å². The third-order valence-electron chi connectivity index (χ3n) is 2.76. The van der Waals surface area contributed by atoms with E-state index in [0.717, 1.165) is 16.8 Å². The fourth-order valence-corrected chi connectivity index (χ4v) is 1.65. The summed E-state index contributed by atoms with van der Waals surface area (Å²) in [4.78, 5) is 13.5. The number of amides is 2. The van der Waals surface area contributed by atoms with Crippen LogP contribution in [0.25, 0.3) is 0 Å². The maximum atomic E-state index is 12.0. The largest absolute Gasteiger partial charge is 0.326 e. The van der Waals surface area contributed by atoms with E-state index < -0.39 is 0 Å². The third-order valence-corrected chi connectivity index (χ3v) is 2.76. The standard InChI is InChI=1S/C13H17N5O/c1-18(9-11-7-15-16-8-11)13(19)17-12-4-2-10(6-14)3-5-12/h2-5,7-8H,6,9,14H2,1H3,(H,15,16)(H,17,19). The van der Waals surface area contributed by atoms with Gasteiger partial charge in [0.25, 0.3) is 0 Å². The highest BCUT2D eigenvalue weighted by Crippen LogP contribution is 2.10. The highest BCUT2D eigenvalue weighted by atomic mass is 16.2. The minimum Gasteiger partial charge on any atom is -0.326 e. The molecule has 0 saturated heterocycles. The predicted octanol–water partition coefficient (Wildman–Crippen LogP) is 1.53. The van der Waals surface area contributed by atoms with E-state index in [-0.39, 0.29) is 6.03 Å². The van der Waals surface area contributed by atoms with E-state index >= 15 is 0 Å². The first-order valence-corrected chi connectivity index (χ1v) is 5.98. The zero-order valence-corrected chi connectivity index (χ0v) is 10.8. The Hall–Kier alpha value is -2.34. The first kappa shape index (κ1) is 13.1. The summed E-state index contributed by atoms with van der Waals surface area (Å²) in [6, 6.07) is 7.30. The normalized spacial score (nSPS) is 10.2. The average Bonchev–Trinajstić information content (AvgIpc) is 2.92. The van der Waals surface area contributed by atoms with Crippen molar-refractivity contribution in [1.82, 2.24) is 15.1 Å². The van der Waals surface area contributed by atoms with Gasteiger partial charge in [-0.1, -0.05) is 12.1 Å². The van der Waals surface area contributed by atoms with Crippen molar-refractivity contribution in [2.45, 2.75) is 13.1 Å². The number of carbonyl (C=O) groups is 1. The Morgan fingerprint density at radius 1 is 1.37 bits per heavy atom. The van der Waals surface area contributed by atoms with Gasteiger partial charge in [-0.05, 0) is 17.7 Å². The number of carbonyl (C=O) groups excluding carboxylic acids is 1. The summed E-state index contributed by atoms with van der Waals surface area (Å²) in [5.41, 5.74) is 8.26. The number of hydrogen-bond acceptors (Lipinski definition) is 3. The summed E-state index contributed by atoms with van der Waals surface area (Å²) in [7, 11) is 1.73. The van der Waals surface area contributed by atoms with E-state index in [0.29, 0.717) is 13.1 Å². The summed E-state index contributed by atoms with van der Waals surface area (Å²) in [6.45, 7) is 0.998. The second-order valence-corrected chi connectivity index (χ2v) is 4.29. The van der Waals surface area contributed by atoms with E-state index in [2.05, 4.69) is 15.5 Å². The molecule has 6 heteroatoms. The molecule has 0 unspecified atom stereocenters.